The van der Waals surface area contributed by atoms with Gasteiger partial charge in [0.05, 0.1) is 12.3 Å². The molecule has 2 heterocycles. The minimum absolute atomic E-state index is 0.158. The van der Waals surface area contributed by atoms with Gasteiger partial charge in [0.25, 0.3) is 11.8 Å². The first-order valence-electron chi connectivity index (χ1n) is 11.5. The zero-order valence-electron chi connectivity index (χ0n) is 19.5. The SMILES string of the molecule is O=C1NC(=O)N(c2ccc(F)cc2)C(=O)C1=Cc1cn(CCCOc2ccc(Cl)cc2)c2ccccc12. The van der Waals surface area contributed by atoms with Crippen LogP contribution in [0.2, 0.25) is 5.02 Å². The highest BCUT2D eigenvalue weighted by atomic mass is 35.5. The van der Waals surface area contributed by atoms with Crippen molar-refractivity contribution in [2.75, 3.05) is 11.5 Å². The van der Waals surface area contributed by atoms with Gasteiger partial charge in [0, 0.05) is 34.2 Å². The van der Waals surface area contributed by atoms with E-state index in [0.717, 1.165) is 33.7 Å². The lowest BCUT2D eigenvalue weighted by atomic mass is 10.1. The number of hydrogen-bond acceptors (Lipinski definition) is 4. The molecule has 1 saturated heterocycles. The summed E-state index contributed by atoms with van der Waals surface area (Å²) in [5.41, 5.74) is 1.54. The van der Waals surface area contributed by atoms with Gasteiger partial charge in [-0.05, 0) is 67.1 Å². The molecule has 186 valence electrons. The molecule has 37 heavy (non-hydrogen) atoms. The smallest absolute Gasteiger partial charge is 0.335 e. The molecule has 7 nitrogen and oxygen atoms in total. The lowest BCUT2D eigenvalue weighted by molar-refractivity contribution is -0.122. The van der Waals surface area contributed by atoms with Crippen molar-refractivity contribution in [2.24, 2.45) is 0 Å². The van der Waals surface area contributed by atoms with Crippen LogP contribution in [0.25, 0.3) is 17.0 Å². The monoisotopic (exact) mass is 517 g/mol. The maximum absolute atomic E-state index is 13.4. The molecule has 0 spiro atoms. The Morgan fingerprint density at radius 1 is 0.946 bits per heavy atom. The first-order valence-corrected chi connectivity index (χ1v) is 11.9. The number of amides is 4. The molecule has 0 saturated carbocycles. The fraction of sp³-hybridized carbons (Fsp3) is 0.107. The van der Waals surface area contributed by atoms with Crippen molar-refractivity contribution in [3.05, 3.63) is 101 Å². The van der Waals surface area contributed by atoms with Crippen LogP contribution in [-0.2, 0) is 16.1 Å². The Bertz CT molecular complexity index is 1530. The van der Waals surface area contributed by atoms with E-state index < -0.39 is 23.7 Å². The number of ether oxygens (including phenoxy) is 1. The molecule has 3 aromatic carbocycles. The minimum Gasteiger partial charge on any atom is -0.494 e. The number of fused-ring (bicyclic) bond motifs is 1. The summed E-state index contributed by atoms with van der Waals surface area (Å²) in [6, 6.07) is 18.8. The number of imide groups is 2. The number of aryl methyl sites for hydroxylation is 1. The number of nitrogens with zero attached hydrogens (tertiary/aromatic N) is 2. The van der Waals surface area contributed by atoms with Gasteiger partial charge in [0.15, 0.2) is 0 Å². The number of benzene rings is 3. The molecular formula is C28H21ClFN3O4. The first kappa shape index (κ1) is 24.3. The molecule has 1 N–H and O–H groups in total. The summed E-state index contributed by atoms with van der Waals surface area (Å²) in [6.07, 6.45) is 4.05. The lowest BCUT2D eigenvalue weighted by Gasteiger charge is -2.26. The molecule has 1 aliphatic heterocycles. The van der Waals surface area contributed by atoms with Gasteiger partial charge in [-0.1, -0.05) is 29.8 Å². The minimum atomic E-state index is -0.887. The number of hydrogen-bond donors (Lipinski definition) is 1. The van der Waals surface area contributed by atoms with E-state index in [9.17, 15) is 18.8 Å². The Labute approximate surface area is 216 Å². The number of aromatic nitrogens is 1. The topological polar surface area (TPSA) is 80.6 Å². The second kappa shape index (κ2) is 10.3. The summed E-state index contributed by atoms with van der Waals surface area (Å²) in [5.74, 6) is -1.35. The highest BCUT2D eigenvalue weighted by molar-refractivity contribution is 6.39. The van der Waals surface area contributed by atoms with Gasteiger partial charge in [-0.15, -0.1) is 0 Å². The van der Waals surface area contributed by atoms with E-state index >= 15 is 0 Å². The summed E-state index contributed by atoms with van der Waals surface area (Å²) in [6.45, 7) is 1.12. The number of halogens is 2. The highest BCUT2D eigenvalue weighted by Gasteiger charge is 2.37. The van der Waals surface area contributed by atoms with Crippen LogP contribution in [0.1, 0.15) is 12.0 Å². The van der Waals surface area contributed by atoms with Crippen LogP contribution in [-0.4, -0.2) is 29.0 Å². The molecule has 4 aromatic rings. The molecule has 1 fully saturated rings. The van der Waals surface area contributed by atoms with E-state index in [1.807, 2.05) is 47.2 Å². The Morgan fingerprint density at radius 3 is 2.43 bits per heavy atom. The summed E-state index contributed by atoms with van der Waals surface area (Å²) >= 11 is 5.91. The van der Waals surface area contributed by atoms with E-state index in [-0.39, 0.29) is 11.3 Å². The number of rotatable bonds is 7. The summed E-state index contributed by atoms with van der Waals surface area (Å²) in [4.78, 5) is 39.0. The van der Waals surface area contributed by atoms with Gasteiger partial charge in [-0.25, -0.2) is 14.1 Å². The molecule has 0 aliphatic carbocycles. The van der Waals surface area contributed by atoms with Gasteiger partial charge in [0.1, 0.15) is 17.1 Å². The quantitative estimate of drug-likeness (QED) is 0.197. The first-order chi connectivity index (χ1) is 17.9. The van der Waals surface area contributed by atoms with E-state index in [1.165, 1.54) is 18.2 Å². The predicted molar refractivity (Wildman–Crippen MR) is 139 cm³/mol. The van der Waals surface area contributed by atoms with Crippen LogP contribution in [0.5, 0.6) is 5.75 Å². The molecule has 4 amide bonds. The van der Waals surface area contributed by atoms with Crippen molar-refractivity contribution in [2.45, 2.75) is 13.0 Å². The van der Waals surface area contributed by atoms with Crippen molar-refractivity contribution in [3.63, 3.8) is 0 Å². The van der Waals surface area contributed by atoms with Gasteiger partial charge in [-0.3, -0.25) is 14.9 Å². The number of nitrogens with one attached hydrogen (secondary N) is 1. The van der Waals surface area contributed by atoms with Crippen LogP contribution in [0.3, 0.4) is 0 Å². The van der Waals surface area contributed by atoms with E-state index in [4.69, 9.17) is 16.3 Å². The average molecular weight is 518 g/mol. The number of para-hydroxylation sites is 1. The Kier molecular flexibility index (Phi) is 6.74. The van der Waals surface area contributed by atoms with Crippen molar-refractivity contribution in [1.82, 2.24) is 9.88 Å². The van der Waals surface area contributed by atoms with E-state index in [1.54, 1.807) is 12.1 Å². The number of anilines is 1. The fourth-order valence-electron chi connectivity index (χ4n) is 4.17. The molecule has 0 radical (unpaired) electrons. The zero-order valence-corrected chi connectivity index (χ0v) is 20.2. The predicted octanol–water partition coefficient (Wildman–Crippen LogP) is 5.57. The van der Waals surface area contributed by atoms with Gasteiger partial charge in [-0.2, -0.15) is 0 Å². The molecule has 0 bridgehead atoms. The summed E-state index contributed by atoms with van der Waals surface area (Å²) in [5, 5.41) is 3.68. The van der Waals surface area contributed by atoms with Crippen molar-refractivity contribution in [3.8, 4) is 5.75 Å². The number of barbiturate groups is 1. The fourth-order valence-corrected chi connectivity index (χ4v) is 4.29. The average Bonchev–Trinajstić information content (AvgIpc) is 3.24. The van der Waals surface area contributed by atoms with Crippen LogP contribution in [0.15, 0.2) is 84.6 Å². The zero-order chi connectivity index (χ0) is 25.9. The molecule has 5 rings (SSSR count). The van der Waals surface area contributed by atoms with Crippen molar-refractivity contribution >= 4 is 52.1 Å². The Balaban J connectivity index is 1.39. The van der Waals surface area contributed by atoms with Crippen molar-refractivity contribution in [1.29, 1.82) is 0 Å². The number of urea groups is 1. The summed E-state index contributed by atoms with van der Waals surface area (Å²) in [7, 11) is 0. The molecule has 9 heteroatoms. The second-order valence-corrected chi connectivity index (χ2v) is 8.82. The number of carbonyl (C=O) groups is 3. The number of carbonyl (C=O) groups excluding carboxylic acids is 3. The maximum Gasteiger partial charge on any atom is 0.335 e. The van der Waals surface area contributed by atoms with Crippen LogP contribution >= 0.6 is 11.6 Å². The molecule has 1 aromatic heterocycles. The van der Waals surface area contributed by atoms with Gasteiger partial charge < -0.3 is 9.30 Å². The third-order valence-electron chi connectivity index (χ3n) is 5.93. The third kappa shape index (κ3) is 5.10. The Hall–Kier alpha value is -4.43. The molecular weight excluding hydrogens is 497 g/mol. The van der Waals surface area contributed by atoms with E-state index in [0.29, 0.717) is 30.2 Å². The third-order valence-corrected chi connectivity index (χ3v) is 6.18. The molecule has 1 aliphatic rings. The summed E-state index contributed by atoms with van der Waals surface area (Å²) < 4.78 is 21.2. The lowest BCUT2D eigenvalue weighted by Crippen LogP contribution is -2.54. The molecule has 0 atom stereocenters. The van der Waals surface area contributed by atoms with Crippen LogP contribution in [0.4, 0.5) is 14.9 Å². The Morgan fingerprint density at radius 2 is 1.68 bits per heavy atom. The van der Waals surface area contributed by atoms with Crippen LogP contribution < -0.4 is 15.0 Å². The standard InChI is InChI=1S/C28H21ClFN3O4/c29-19-6-12-22(13-7-19)37-15-3-14-32-17-18(23-4-1-2-5-25(23)32)16-24-26(34)31-28(36)33(27(24)35)21-10-8-20(30)9-11-21/h1-2,4-13,16-17H,3,14-15H2,(H,31,34,36). The van der Waals surface area contributed by atoms with Gasteiger partial charge >= 0.3 is 6.03 Å². The largest absolute Gasteiger partial charge is 0.494 e. The second-order valence-electron chi connectivity index (χ2n) is 8.39. The van der Waals surface area contributed by atoms with E-state index in [2.05, 4.69) is 5.32 Å². The van der Waals surface area contributed by atoms with Crippen molar-refractivity contribution < 1.29 is 23.5 Å². The van der Waals surface area contributed by atoms with Gasteiger partial charge in [0.2, 0.25) is 0 Å². The highest BCUT2D eigenvalue weighted by Crippen LogP contribution is 2.27. The van der Waals surface area contributed by atoms with Crippen LogP contribution in [0, 0.1) is 5.82 Å². The maximum atomic E-state index is 13.4. The molecule has 0 unspecified atom stereocenters. The normalized spacial score (nSPS) is 14.9.